The van der Waals surface area contributed by atoms with Crippen molar-refractivity contribution in [3.05, 3.63) is 83.3 Å². The molecule has 2 aromatic carbocycles. The van der Waals surface area contributed by atoms with Crippen LogP contribution in [-0.2, 0) is 16.1 Å². The highest BCUT2D eigenvalue weighted by molar-refractivity contribution is 6.30. The van der Waals surface area contributed by atoms with E-state index < -0.39 is 35.8 Å². The number of carboxylic acids is 1. The molecule has 9 nitrogen and oxygen atoms in total. The molecule has 1 aliphatic heterocycles. The van der Waals surface area contributed by atoms with E-state index in [0.29, 0.717) is 16.5 Å². The van der Waals surface area contributed by atoms with Gasteiger partial charge in [-0.15, -0.1) is 0 Å². The van der Waals surface area contributed by atoms with Crippen molar-refractivity contribution in [2.75, 3.05) is 11.9 Å². The molecule has 1 unspecified atom stereocenters. The molecule has 1 saturated heterocycles. The van der Waals surface area contributed by atoms with Crippen LogP contribution in [0.3, 0.4) is 0 Å². The first kappa shape index (κ1) is 25.9. The molecule has 4 rings (SSSR count). The lowest BCUT2D eigenvalue weighted by atomic mass is 10.1. The van der Waals surface area contributed by atoms with Gasteiger partial charge in [0.1, 0.15) is 11.9 Å². The van der Waals surface area contributed by atoms with Gasteiger partial charge in [-0.25, -0.2) is 14.2 Å². The Balaban J connectivity index is 1.53. The molecule has 1 aliphatic rings. The van der Waals surface area contributed by atoms with Crippen molar-refractivity contribution in [1.82, 2.24) is 14.8 Å². The highest BCUT2D eigenvalue weighted by Crippen LogP contribution is 2.27. The van der Waals surface area contributed by atoms with Crippen LogP contribution in [0.25, 0.3) is 0 Å². The third-order valence-electron chi connectivity index (χ3n) is 5.79. The van der Waals surface area contributed by atoms with Crippen LogP contribution in [0, 0.1) is 11.7 Å². The van der Waals surface area contributed by atoms with Gasteiger partial charge >= 0.3 is 12.0 Å². The Kier molecular flexibility index (Phi) is 7.88. The third kappa shape index (κ3) is 6.34. The van der Waals surface area contributed by atoms with Crippen LogP contribution >= 0.6 is 11.6 Å². The number of pyridine rings is 1. The second-order valence-corrected chi connectivity index (χ2v) is 9.00. The molecule has 0 aliphatic carbocycles. The van der Waals surface area contributed by atoms with E-state index in [0.717, 1.165) is 10.5 Å². The van der Waals surface area contributed by atoms with E-state index in [1.54, 1.807) is 48.5 Å². The summed E-state index contributed by atoms with van der Waals surface area (Å²) in [4.78, 5) is 43.9. The summed E-state index contributed by atoms with van der Waals surface area (Å²) < 4.78 is 19.3. The average Bonchev–Trinajstić information content (AvgIpc) is 2.87. The lowest BCUT2D eigenvalue weighted by Gasteiger charge is -2.41. The normalized spacial score (nSPS) is 16.5. The third-order valence-corrected chi connectivity index (χ3v) is 6.04. The number of hydrogen-bond donors (Lipinski definition) is 2. The monoisotopic (exact) mass is 526 g/mol. The van der Waals surface area contributed by atoms with Crippen molar-refractivity contribution in [2.24, 2.45) is 5.92 Å². The fourth-order valence-corrected chi connectivity index (χ4v) is 3.90. The Morgan fingerprint density at radius 1 is 1.19 bits per heavy atom. The first-order valence-electron chi connectivity index (χ1n) is 11.4. The Bertz CT molecular complexity index is 1290. The molecule has 0 radical (unpaired) electrons. The fraction of sp³-hybridized carbons (Fsp3) is 0.231. The lowest BCUT2D eigenvalue weighted by Crippen LogP contribution is -2.59. The number of benzene rings is 2. The summed E-state index contributed by atoms with van der Waals surface area (Å²) in [6.45, 7) is 1.38. The Morgan fingerprint density at radius 2 is 1.89 bits per heavy atom. The molecule has 2 atom stereocenters. The minimum Gasteiger partial charge on any atom is -0.481 e. The van der Waals surface area contributed by atoms with Crippen LogP contribution in [0.2, 0.25) is 5.02 Å². The fourth-order valence-electron chi connectivity index (χ4n) is 3.78. The lowest BCUT2D eigenvalue weighted by molar-refractivity contribution is -0.142. The van der Waals surface area contributed by atoms with Gasteiger partial charge in [0.2, 0.25) is 5.91 Å². The first-order chi connectivity index (χ1) is 17.7. The maximum Gasteiger partial charge on any atom is 0.328 e. The van der Waals surface area contributed by atoms with Gasteiger partial charge in [-0.3, -0.25) is 19.4 Å². The van der Waals surface area contributed by atoms with Crippen LogP contribution in [0.5, 0.6) is 11.6 Å². The van der Waals surface area contributed by atoms with E-state index in [4.69, 9.17) is 16.3 Å². The Hall–Kier alpha value is -4.18. The number of urea groups is 1. The number of carbonyl (C=O) groups is 3. The Morgan fingerprint density at radius 3 is 2.54 bits per heavy atom. The number of aromatic nitrogens is 1. The summed E-state index contributed by atoms with van der Waals surface area (Å²) in [7, 11) is 0. The number of amides is 3. The number of anilines is 1. The van der Waals surface area contributed by atoms with Gasteiger partial charge in [0.15, 0.2) is 5.82 Å². The molecule has 2 heterocycles. The molecular formula is C26H24ClFN4O5. The van der Waals surface area contributed by atoms with E-state index in [2.05, 4.69) is 10.3 Å². The number of rotatable bonds is 9. The molecular weight excluding hydrogens is 503 g/mol. The number of aliphatic carboxylic acids is 1. The van der Waals surface area contributed by atoms with Gasteiger partial charge in [0, 0.05) is 30.0 Å². The molecule has 3 amide bonds. The Labute approximate surface area is 217 Å². The number of carboxylic acid groups (broad SMARTS) is 1. The quantitative estimate of drug-likeness (QED) is 0.404. The zero-order chi connectivity index (χ0) is 26.5. The minimum absolute atomic E-state index is 0.0664. The van der Waals surface area contributed by atoms with Gasteiger partial charge in [-0.1, -0.05) is 30.7 Å². The predicted molar refractivity (Wildman–Crippen MR) is 134 cm³/mol. The predicted octanol–water partition coefficient (Wildman–Crippen LogP) is 4.98. The summed E-state index contributed by atoms with van der Waals surface area (Å²) in [5.74, 6) is -2.89. The van der Waals surface area contributed by atoms with E-state index in [9.17, 15) is 23.9 Å². The number of ether oxygens (including phenoxy) is 1. The number of carbonyl (C=O) groups excluding carboxylic acids is 2. The highest BCUT2D eigenvalue weighted by atomic mass is 35.5. The largest absolute Gasteiger partial charge is 0.481 e. The van der Waals surface area contributed by atoms with Crippen molar-refractivity contribution in [1.29, 1.82) is 0 Å². The number of hydrogen-bond acceptors (Lipinski definition) is 6. The highest BCUT2D eigenvalue weighted by Gasteiger charge is 2.40. The standard InChI is InChI=1S/C26H24ClFN4O5/c1-16(25(34)35)14-32-23(33)13-22(31(26(32)36)15-17-4-6-18(27)7-5-17)30-19-8-10-20(11-9-19)37-24-21(28)3-2-12-29-24/h2-12,16,22,30H,13-15H2,1H3,(H,34,35)/t16-,22?/m0/s1. The SMILES string of the molecule is C[C@@H](CN1C(=O)CC(Nc2ccc(Oc3ncccc3F)cc2)N(Cc2ccc(Cl)cc2)C1=O)C(=O)O. The molecule has 0 bridgehead atoms. The van der Waals surface area contributed by atoms with E-state index >= 15 is 0 Å². The molecule has 2 N–H and O–H groups in total. The molecule has 3 aromatic rings. The van der Waals surface area contributed by atoms with Gasteiger partial charge in [-0.2, -0.15) is 0 Å². The maximum absolute atomic E-state index is 13.8. The van der Waals surface area contributed by atoms with Crippen LogP contribution in [0.1, 0.15) is 18.9 Å². The molecule has 1 fully saturated rings. The second-order valence-electron chi connectivity index (χ2n) is 8.56. The van der Waals surface area contributed by atoms with Crippen LogP contribution < -0.4 is 10.1 Å². The van der Waals surface area contributed by atoms with Crippen molar-refractivity contribution >= 4 is 35.2 Å². The molecule has 11 heteroatoms. The molecule has 192 valence electrons. The topological polar surface area (TPSA) is 112 Å². The first-order valence-corrected chi connectivity index (χ1v) is 11.8. The number of imide groups is 1. The van der Waals surface area contributed by atoms with Gasteiger partial charge < -0.3 is 15.2 Å². The van der Waals surface area contributed by atoms with Gasteiger partial charge in [-0.05, 0) is 54.1 Å². The van der Waals surface area contributed by atoms with Crippen LogP contribution in [-0.4, -0.2) is 50.5 Å². The smallest absolute Gasteiger partial charge is 0.328 e. The number of nitrogens with one attached hydrogen (secondary N) is 1. The molecule has 0 saturated carbocycles. The average molecular weight is 527 g/mol. The molecule has 0 spiro atoms. The molecule has 1 aromatic heterocycles. The summed E-state index contributed by atoms with van der Waals surface area (Å²) in [6.07, 6.45) is 0.650. The summed E-state index contributed by atoms with van der Waals surface area (Å²) in [5, 5.41) is 13.0. The number of halogens is 2. The second kappa shape index (κ2) is 11.3. The van der Waals surface area contributed by atoms with E-state index in [1.165, 1.54) is 30.2 Å². The van der Waals surface area contributed by atoms with Gasteiger partial charge in [0.05, 0.1) is 12.3 Å². The van der Waals surface area contributed by atoms with E-state index in [1.807, 2.05) is 0 Å². The van der Waals surface area contributed by atoms with Crippen molar-refractivity contribution in [3.63, 3.8) is 0 Å². The molecule has 37 heavy (non-hydrogen) atoms. The number of nitrogens with zero attached hydrogens (tertiary/aromatic N) is 3. The van der Waals surface area contributed by atoms with Gasteiger partial charge in [0.25, 0.3) is 5.88 Å². The van der Waals surface area contributed by atoms with Crippen molar-refractivity contribution < 1.29 is 28.6 Å². The van der Waals surface area contributed by atoms with E-state index in [-0.39, 0.29) is 25.4 Å². The van der Waals surface area contributed by atoms with Crippen molar-refractivity contribution in [2.45, 2.75) is 26.1 Å². The van der Waals surface area contributed by atoms with Crippen molar-refractivity contribution in [3.8, 4) is 11.6 Å². The zero-order valence-electron chi connectivity index (χ0n) is 19.8. The maximum atomic E-state index is 13.8. The summed E-state index contributed by atoms with van der Waals surface area (Å²) >= 11 is 5.98. The summed E-state index contributed by atoms with van der Waals surface area (Å²) in [5.41, 5.74) is 1.37. The zero-order valence-corrected chi connectivity index (χ0v) is 20.6. The van der Waals surface area contributed by atoms with Crippen LogP contribution in [0.15, 0.2) is 66.9 Å². The summed E-state index contributed by atoms with van der Waals surface area (Å²) in [6, 6.07) is 15.6. The van der Waals surface area contributed by atoms with Crippen LogP contribution in [0.4, 0.5) is 14.9 Å². The minimum atomic E-state index is -1.10.